The molecular weight excluding hydrogens is 316 g/mol. The number of fused-ring (bicyclic) bond motifs is 3. The van der Waals surface area contributed by atoms with E-state index in [-0.39, 0.29) is 12.0 Å². The summed E-state index contributed by atoms with van der Waals surface area (Å²) in [5, 5.41) is 6.36. The Hall–Kier alpha value is -2.53. The minimum absolute atomic E-state index is 0.0479. The van der Waals surface area contributed by atoms with Crippen LogP contribution in [0.5, 0.6) is 11.5 Å². The first kappa shape index (κ1) is 16.0. The summed E-state index contributed by atoms with van der Waals surface area (Å²) in [7, 11) is 1.67. The topological polar surface area (TPSA) is 59.6 Å². The largest absolute Gasteiger partial charge is 0.497 e. The zero-order valence-corrected chi connectivity index (χ0v) is 14.3. The Labute approximate surface area is 147 Å². The van der Waals surface area contributed by atoms with E-state index in [0.29, 0.717) is 6.42 Å². The molecule has 4 rings (SSSR count). The summed E-state index contributed by atoms with van der Waals surface area (Å²) in [6.45, 7) is 1.58. The van der Waals surface area contributed by atoms with Gasteiger partial charge in [-0.25, -0.2) is 0 Å². The predicted octanol–water partition coefficient (Wildman–Crippen LogP) is 2.67. The van der Waals surface area contributed by atoms with E-state index in [1.165, 1.54) is 11.1 Å². The summed E-state index contributed by atoms with van der Waals surface area (Å²) in [6, 6.07) is 12.1. The molecule has 0 saturated heterocycles. The maximum absolute atomic E-state index is 11.7. The van der Waals surface area contributed by atoms with Crippen molar-refractivity contribution in [3.63, 3.8) is 0 Å². The molecule has 0 radical (unpaired) electrons. The molecule has 25 heavy (non-hydrogen) atoms. The zero-order valence-electron chi connectivity index (χ0n) is 14.3. The highest BCUT2D eigenvalue weighted by Crippen LogP contribution is 2.38. The lowest BCUT2D eigenvalue weighted by Crippen LogP contribution is -2.34. The van der Waals surface area contributed by atoms with Gasteiger partial charge in [-0.3, -0.25) is 4.79 Å². The highest BCUT2D eigenvalue weighted by molar-refractivity contribution is 6.00. The fourth-order valence-electron chi connectivity index (χ4n) is 3.47. The number of anilines is 1. The van der Waals surface area contributed by atoms with Crippen LogP contribution < -0.4 is 20.1 Å². The monoisotopic (exact) mass is 338 g/mol. The van der Waals surface area contributed by atoms with Gasteiger partial charge in [0.15, 0.2) is 0 Å². The fourth-order valence-corrected chi connectivity index (χ4v) is 3.47. The molecule has 2 aromatic rings. The Morgan fingerprint density at radius 2 is 2.08 bits per heavy atom. The second-order valence-corrected chi connectivity index (χ2v) is 6.56. The second-order valence-electron chi connectivity index (χ2n) is 6.56. The van der Waals surface area contributed by atoms with E-state index in [1.54, 1.807) is 7.11 Å². The molecular formula is C20H22N2O3. The number of rotatable bonds is 5. The number of nitrogens with one attached hydrogen (secondary N) is 2. The first-order valence-corrected chi connectivity index (χ1v) is 8.68. The molecule has 5 heteroatoms. The molecule has 0 aliphatic carbocycles. The van der Waals surface area contributed by atoms with Crippen molar-refractivity contribution in [2.45, 2.75) is 31.9 Å². The molecule has 2 aliphatic rings. The van der Waals surface area contributed by atoms with Crippen LogP contribution in [-0.2, 0) is 24.2 Å². The lowest BCUT2D eigenvalue weighted by molar-refractivity contribution is -0.115. The maximum atomic E-state index is 11.7. The Balaban J connectivity index is 1.36. The standard InChI is InChI=1S/C20H22N2O3/c1-24-15-6-2-13(3-7-15)11-21-12-16-8-4-14-5-9-18-17(20(14)25-16)10-19(23)22-18/h2-3,5-7,9,16,21H,4,8,10-12H2,1H3,(H,22,23)/t16-/m0/s1. The average Bonchev–Trinajstić information content (AvgIpc) is 3.03. The van der Waals surface area contributed by atoms with Crippen molar-refractivity contribution in [1.29, 1.82) is 0 Å². The van der Waals surface area contributed by atoms with E-state index in [9.17, 15) is 4.79 Å². The predicted molar refractivity (Wildman–Crippen MR) is 96.2 cm³/mol. The van der Waals surface area contributed by atoms with Gasteiger partial charge in [-0.05, 0) is 42.2 Å². The molecule has 0 fully saturated rings. The number of hydrogen-bond acceptors (Lipinski definition) is 4. The molecule has 2 heterocycles. The van der Waals surface area contributed by atoms with Gasteiger partial charge in [-0.15, -0.1) is 0 Å². The molecule has 0 spiro atoms. The number of carbonyl (C=O) groups excluding carboxylic acids is 1. The Morgan fingerprint density at radius 3 is 2.88 bits per heavy atom. The smallest absolute Gasteiger partial charge is 0.229 e. The molecule has 2 aromatic carbocycles. The third-order valence-electron chi connectivity index (χ3n) is 4.83. The fraction of sp³-hybridized carbons (Fsp3) is 0.350. The summed E-state index contributed by atoms with van der Waals surface area (Å²) in [4.78, 5) is 11.7. The van der Waals surface area contributed by atoms with Gasteiger partial charge in [0, 0.05) is 24.3 Å². The van der Waals surface area contributed by atoms with Crippen LogP contribution in [0.3, 0.4) is 0 Å². The molecule has 2 N–H and O–H groups in total. The van der Waals surface area contributed by atoms with E-state index in [0.717, 1.165) is 48.7 Å². The molecule has 2 aliphatic heterocycles. The van der Waals surface area contributed by atoms with Gasteiger partial charge < -0.3 is 20.1 Å². The minimum atomic E-state index is 0.0479. The van der Waals surface area contributed by atoms with Crippen LogP contribution in [0.25, 0.3) is 0 Å². The van der Waals surface area contributed by atoms with Crippen molar-refractivity contribution in [1.82, 2.24) is 5.32 Å². The second kappa shape index (κ2) is 6.76. The van der Waals surface area contributed by atoms with Crippen LogP contribution in [0, 0.1) is 0 Å². The van der Waals surface area contributed by atoms with Gasteiger partial charge in [0.05, 0.1) is 13.5 Å². The normalized spacial score (nSPS) is 18.1. The van der Waals surface area contributed by atoms with Crippen molar-refractivity contribution in [2.24, 2.45) is 0 Å². The number of aryl methyl sites for hydroxylation is 1. The van der Waals surface area contributed by atoms with Crippen LogP contribution in [0.15, 0.2) is 36.4 Å². The van der Waals surface area contributed by atoms with E-state index in [4.69, 9.17) is 9.47 Å². The Kier molecular flexibility index (Phi) is 4.32. The lowest BCUT2D eigenvalue weighted by Gasteiger charge is -2.28. The van der Waals surface area contributed by atoms with Crippen molar-refractivity contribution in [3.05, 3.63) is 53.1 Å². The SMILES string of the molecule is COc1ccc(CNC[C@@H]2CCc3ccc4c(c3O2)CC(=O)N4)cc1. The maximum Gasteiger partial charge on any atom is 0.229 e. The van der Waals surface area contributed by atoms with E-state index >= 15 is 0 Å². The third kappa shape index (κ3) is 3.33. The number of methoxy groups -OCH3 is 1. The Bertz CT molecular complexity index is 786. The first-order valence-electron chi connectivity index (χ1n) is 8.68. The van der Waals surface area contributed by atoms with Gasteiger partial charge in [0.25, 0.3) is 0 Å². The summed E-state index contributed by atoms with van der Waals surface area (Å²) >= 11 is 0. The van der Waals surface area contributed by atoms with Crippen LogP contribution in [0.4, 0.5) is 5.69 Å². The van der Waals surface area contributed by atoms with Crippen LogP contribution in [-0.4, -0.2) is 25.7 Å². The van der Waals surface area contributed by atoms with Gasteiger partial charge in [0.2, 0.25) is 5.91 Å². The van der Waals surface area contributed by atoms with Crippen molar-refractivity contribution < 1.29 is 14.3 Å². The number of hydrogen-bond donors (Lipinski definition) is 2. The lowest BCUT2D eigenvalue weighted by atomic mass is 9.97. The summed E-state index contributed by atoms with van der Waals surface area (Å²) < 4.78 is 11.4. The summed E-state index contributed by atoms with van der Waals surface area (Å²) in [6.07, 6.45) is 2.53. The third-order valence-corrected chi connectivity index (χ3v) is 4.83. The van der Waals surface area contributed by atoms with E-state index < -0.39 is 0 Å². The van der Waals surface area contributed by atoms with E-state index in [2.05, 4.69) is 28.8 Å². The molecule has 1 amide bonds. The van der Waals surface area contributed by atoms with Gasteiger partial charge >= 0.3 is 0 Å². The molecule has 130 valence electrons. The molecule has 0 bridgehead atoms. The van der Waals surface area contributed by atoms with Crippen molar-refractivity contribution >= 4 is 11.6 Å². The highest BCUT2D eigenvalue weighted by Gasteiger charge is 2.28. The van der Waals surface area contributed by atoms with Crippen molar-refractivity contribution in [3.8, 4) is 11.5 Å². The number of amides is 1. The number of benzene rings is 2. The van der Waals surface area contributed by atoms with E-state index in [1.807, 2.05) is 18.2 Å². The van der Waals surface area contributed by atoms with Crippen LogP contribution in [0.2, 0.25) is 0 Å². The van der Waals surface area contributed by atoms with Crippen LogP contribution in [0.1, 0.15) is 23.1 Å². The number of ether oxygens (including phenoxy) is 2. The van der Waals surface area contributed by atoms with Gasteiger partial charge in [-0.2, -0.15) is 0 Å². The Morgan fingerprint density at radius 1 is 1.24 bits per heavy atom. The minimum Gasteiger partial charge on any atom is -0.497 e. The summed E-state index contributed by atoms with van der Waals surface area (Å²) in [5.41, 5.74) is 4.34. The quantitative estimate of drug-likeness (QED) is 0.880. The summed E-state index contributed by atoms with van der Waals surface area (Å²) in [5.74, 6) is 1.83. The number of carbonyl (C=O) groups is 1. The van der Waals surface area contributed by atoms with Crippen LogP contribution >= 0.6 is 0 Å². The highest BCUT2D eigenvalue weighted by atomic mass is 16.5. The van der Waals surface area contributed by atoms with Gasteiger partial charge in [0.1, 0.15) is 17.6 Å². The average molecular weight is 338 g/mol. The first-order chi connectivity index (χ1) is 12.2. The van der Waals surface area contributed by atoms with Crippen molar-refractivity contribution in [2.75, 3.05) is 19.0 Å². The molecule has 0 unspecified atom stereocenters. The molecule has 1 atom stereocenters. The molecule has 0 aromatic heterocycles. The zero-order chi connectivity index (χ0) is 17.2. The molecule has 5 nitrogen and oxygen atoms in total. The van der Waals surface area contributed by atoms with Gasteiger partial charge in [-0.1, -0.05) is 18.2 Å². The molecule has 0 saturated carbocycles.